The summed E-state index contributed by atoms with van der Waals surface area (Å²) < 4.78 is 0. The maximum atomic E-state index is 12.1. The molecule has 0 heterocycles. The summed E-state index contributed by atoms with van der Waals surface area (Å²) in [6.45, 7) is 9.26. The van der Waals surface area contributed by atoms with Gasteiger partial charge in [0.1, 0.15) is 5.78 Å². The third-order valence-corrected chi connectivity index (χ3v) is 8.70. The zero-order valence-corrected chi connectivity index (χ0v) is 14.9. The fraction of sp³-hybridized carbons (Fsp3) is 0.857. The molecule has 0 N–H and O–H groups in total. The van der Waals surface area contributed by atoms with E-state index in [0.29, 0.717) is 22.5 Å². The molecule has 4 aliphatic rings. The highest BCUT2D eigenvalue weighted by Gasteiger charge is 2.59. The van der Waals surface area contributed by atoms with Crippen molar-refractivity contribution in [1.82, 2.24) is 0 Å². The molecule has 0 spiro atoms. The number of carbonyl (C=O) groups excluding carboxylic acids is 1. The molecule has 0 saturated heterocycles. The molecule has 0 aliphatic heterocycles. The molecule has 0 unspecified atom stereocenters. The van der Waals surface area contributed by atoms with Crippen molar-refractivity contribution in [3.8, 4) is 0 Å². The number of ketones is 1. The molecule has 4 aliphatic carbocycles. The van der Waals surface area contributed by atoms with Crippen LogP contribution >= 0.6 is 0 Å². The lowest BCUT2D eigenvalue weighted by molar-refractivity contribution is -0.127. The van der Waals surface area contributed by atoms with Crippen molar-refractivity contribution in [3.63, 3.8) is 0 Å². The summed E-state index contributed by atoms with van der Waals surface area (Å²) in [5.41, 5.74) is 4.36. The minimum Gasteiger partial charge on any atom is -0.300 e. The van der Waals surface area contributed by atoms with Gasteiger partial charge in [0.25, 0.3) is 0 Å². The first-order valence-corrected chi connectivity index (χ1v) is 9.57. The van der Waals surface area contributed by atoms with E-state index < -0.39 is 0 Å². The lowest BCUT2D eigenvalue weighted by atomic mass is 9.48. The molecule has 1 nitrogen and oxygen atoms in total. The minimum absolute atomic E-state index is 0.318. The number of rotatable bonds is 1. The monoisotopic (exact) mass is 300 g/mol. The SMILES string of the molecule is CC(=O)[C@@H]1CC[C@@H]2[C@H]3CCC4=C(C)CC[C@@]4(C)[C@@H]3CC[C@]21C. The molecule has 22 heavy (non-hydrogen) atoms. The van der Waals surface area contributed by atoms with E-state index in [-0.39, 0.29) is 0 Å². The van der Waals surface area contributed by atoms with Gasteiger partial charge < -0.3 is 0 Å². The van der Waals surface area contributed by atoms with E-state index in [1.165, 1.54) is 44.9 Å². The van der Waals surface area contributed by atoms with Crippen LogP contribution in [-0.2, 0) is 4.79 Å². The zero-order valence-electron chi connectivity index (χ0n) is 14.9. The van der Waals surface area contributed by atoms with Gasteiger partial charge in [-0.05, 0) is 93.8 Å². The van der Waals surface area contributed by atoms with Crippen molar-refractivity contribution < 1.29 is 4.79 Å². The molecule has 3 fully saturated rings. The first-order valence-electron chi connectivity index (χ1n) is 9.57. The van der Waals surface area contributed by atoms with E-state index in [1.807, 2.05) is 12.5 Å². The van der Waals surface area contributed by atoms with Crippen LogP contribution in [0, 0.1) is 34.5 Å². The van der Waals surface area contributed by atoms with Crippen LogP contribution in [-0.4, -0.2) is 5.78 Å². The van der Waals surface area contributed by atoms with Crippen molar-refractivity contribution in [2.24, 2.45) is 34.5 Å². The molecule has 0 bridgehead atoms. The summed E-state index contributed by atoms with van der Waals surface area (Å²) in [5.74, 6) is 3.43. The number of hydrogen-bond donors (Lipinski definition) is 0. The Kier molecular flexibility index (Phi) is 3.20. The Balaban J connectivity index is 1.68. The Hall–Kier alpha value is -0.590. The predicted molar refractivity (Wildman–Crippen MR) is 90.5 cm³/mol. The predicted octanol–water partition coefficient (Wildman–Crippen LogP) is 5.54. The second-order valence-electron chi connectivity index (χ2n) is 9.38. The topological polar surface area (TPSA) is 17.1 Å². The van der Waals surface area contributed by atoms with Gasteiger partial charge in [-0.25, -0.2) is 0 Å². The molecule has 0 aromatic carbocycles. The van der Waals surface area contributed by atoms with Crippen LogP contribution in [0.5, 0.6) is 0 Å². The van der Waals surface area contributed by atoms with Gasteiger partial charge in [0.15, 0.2) is 0 Å². The highest BCUT2D eigenvalue weighted by atomic mass is 16.1. The van der Waals surface area contributed by atoms with Gasteiger partial charge in [-0.15, -0.1) is 0 Å². The molecule has 0 radical (unpaired) electrons. The molecule has 0 aromatic rings. The standard InChI is InChI=1S/C21H32O/c1-13-9-11-20(3)16(13)6-5-15-18-8-7-17(14(2)22)21(18,4)12-10-19(15)20/h15,17-19H,5-12H2,1-4H3/t15-,17+,18-,19-,20-,21+/m1/s1. The lowest BCUT2D eigenvalue weighted by Gasteiger charge is -2.56. The smallest absolute Gasteiger partial charge is 0.133 e. The minimum atomic E-state index is 0.318. The molecule has 0 aromatic heterocycles. The second kappa shape index (κ2) is 4.71. The van der Waals surface area contributed by atoms with E-state index in [0.717, 1.165) is 24.2 Å². The van der Waals surface area contributed by atoms with Crippen LogP contribution < -0.4 is 0 Å². The Labute approximate surface area is 135 Å². The van der Waals surface area contributed by atoms with E-state index in [4.69, 9.17) is 0 Å². The van der Waals surface area contributed by atoms with Gasteiger partial charge in [0.05, 0.1) is 0 Å². The van der Waals surface area contributed by atoms with Crippen molar-refractivity contribution in [1.29, 1.82) is 0 Å². The zero-order chi connectivity index (χ0) is 15.7. The average Bonchev–Trinajstić information content (AvgIpc) is 2.96. The highest BCUT2D eigenvalue weighted by Crippen LogP contribution is 2.67. The largest absolute Gasteiger partial charge is 0.300 e. The molecule has 1 heteroatoms. The van der Waals surface area contributed by atoms with Gasteiger partial charge in [0, 0.05) is 5.92 Å². The summed E-state index contributed by atoms with van der Waals surface area (Å²) in [4.78, 5) is 12.1. The number of carbonyl (C=O) groups is 1. The molecule has 6 atom stereocenters. The van der Waals surface area contributed by atoms with Crippen LogP contribution in [0.15, 0.2) is 11.1 Å². The molecule has 122 valence electrons. The van der Waals surface area contributed by atoms with Gasteiger partial charge in [-0.3, -0.25) is 4.79 Å². The van der Waals surface area contributed by atoms with Crippen LogP contribution in [0.2, 0.25) is 0 Å². The summed E-state index contributed by atoms with van der Waals surface area (Å²) in [7, 11) is 0. The lowest BCUT2D eigenvalue weighted by Crippen LogP contribution is -2.49. The van der Waals surface area contributed by atoms with Crippen LogP contribution in [0.25, 0.3) is 0 Å². The van der Waals surface area contributed by atoms with Crippen LogP contribution in [0.3, 0.4) is 0 Å². The highest BCUT2D eigenvalue weighted by molar-refractivity contribution is 5.79. The fourth-order valence-electron chi connectivity index (χ4n) is 7.60. The average molecular weight is 300 g/mol. The Bertz CT molecular complexity index is 544. The molecular formula is C21H32O. The molecular weight excluding hydrogens is 268 g/mol. The second-order valence-corrected chi connectivity index (χ2v) is 9.38. The van der Waals surface area contributed by atoms with E-state index in [9.17, 15) is 4.79 Å². The summed E-state index contributed by atoms with van der Waals surface area (Å²) in [6.07, 6.45) is 10.6. The Morgan fingerprint density at radius 3 is 2.50 bits per heavy atom. The quantitative estimate of drug-likeness (QED) is 0.581. The van der Waals surface area contributed by atoms with Crippen LogP contribution in [0.1, 0.15) is 79.1 Å². The summed E-state index contributed by atoms with van der Waals surface area (Å²) in [6, 6.07) is 0. The van der Waals surface area contributed by atoms with Crippen LogP contribution in [0.4, 0.5) is 0 Å². The third-order valence-electron chi connectivity index (χ3n) is 8.70. The number of hydrogen-bond acceptors (Lipinski definition) is 1. The number of Topliss-reactive ketones (excluding diaryl/α,β-unsaturated/α-hetero) is 1. The number of allylic oxidation sites excluding steroid dienone is 2. The normalized spacial score (nSPS) is 50.5. The van der Waals surface area contributed by atoms with Crippen molar-refractivity contribution >= 4 is 5.78 Å². The first kappa shape index (κ1) is 15.0. The van der Waals surface area contributed by atoms with Crippen molar-refractivity contribution in [2.75, 3.05) is 0 Å². The Morgan fingerprint density at radius 1 is 1.00 bits per heavy atom. The number of fused-ring (bicyclic) bond motifs is 5. The third kappa shape index (κ3) is 1.74. The summed E-state index contributed by atoms with van der Waals surface area (Å²) in [5, 5.41) is 0. The maximum absolute atomic E-state index is 12.1. The molecule has 0 amide bonds. The van der Waals surface area contributed by atoms with Gasteiger partial charge in [-0.1, -0.05) is 25.0 Å². The van der Waals surface area contributed by atoms with Gasteiger partial charge >= 0.3 is 0 Å². The summed E-state index contributed by atoms with van der Waals surface area (Å²) >= 11 is 0. The van der Waals surface area contributed by atoms with E-state index >= 15 is 0 Å². The first-order chi connectivity index (χ1) is 10.4. The molecule has 4 rings (SSSR count). The van der Waals surface area contributed by atoms with Gasteiger partial charge in [0.2, 0.25) is 0 Å². The Morgan fingerprint density at radius 2 is 1.77 bits per heavy atom. The van der Waals surface area contributed by atoms with E-state index in [1.54, 1.807) is 5.57 Å². The molecule has 3 saturated carbocycles. The van der Waals surface area contributed by atoms with Gasteiger partial charge in [-0.2, -0.15) is 0 Å². The van der Waals surface area contributed by atoms with Crippen molar-refractivity contribution in [3.05, 3.63) is 11.1 Å². The maximum Gasteiger partial charge on any atom is 0.133 e. The van der Waals surface area contributed by atoms with Crippen molar-refractivity contribution in [2.45, 2.75) is 79.1 Å². The van der Waals surface area contributed by atoms with E-state index in [2.05, 4.69) is 20.8 Å². The fourth-order valence-corrected chi connectivity index (χ4v) is 7.60.